The van der Waals surface area contributed by atoms with E-state index in [0.29, 0.717) is 30.2 Å². The van der Waals surface area contributed by atoms with E-state index in [1.54, 1.807) is 21.3 Å². The number of nitrogens with one attached hydrogen (secondary N) is 1. The van der Waals surface area contributed by atoms with Crippen LogP contribution in [0.5, 0.6) is 17.2 Å². The third-order valence-electron chi connectivity index (χ3n) is 3.30. The minimum Gasteiger partial charge on any atom is -0.496 e. The van der Waals surface area contributed by atoms with Crippen LogP contribution >= 0.6 is 0 Å². The Morgan fingerprint density at radius 2 is 1.60 bits per heavy atom. The molecule has 0 saturated carbocycles. The lowest BCUT2D eigenvalue weighted by atomic mass is 10.0. The van der Waals surface area contributed by atoms with Crippen LogP contribution in [0.25, 0.3) is 0 Å². The molecule has 2 N–H and O–H groups in total. The van der Waals surface area contributed by atoms with Crippen LogP contribution in [0.1, 0.15) is 25.8 Å². The van der Waals surface area contributed by atoms with Crippen LogP contribution in [-0.2, 0) is 6.54 Å². The first-order valence-electron chi connectivity index (χ1n) is 6.62. The van der Waals surface area contributed by atoms with E-state index in [0.717, 1.165) is 5.56 Å². The summed E-state index contributed by atoms with van der Waals surface area (Å²) >= 11 is 0. The van der Waals surface area contributed by atoms with Gasteiger partial charge in [-0.05, 0) is 20.3 Å². The molecule has 0 spiro atoms. The van der Waals surface area contributed by atoms with Gasteiger partial charge in [-0.25, -0.2) is 0 Å². The van der Waals surface area contributed by atoms with Crippen molar-refractivity contribution in [3.05, 3.63) is 17.7 Å². The third-order valence-corrected chi connectivity index (χ3v) is 3.30. The topological polar surface area (TPSA) is 60.0 Å². The van der Waals surface area contributed by atoms with E-state index in [1.165, 1.54) is 0 Å². The van der Waals surface area contributed by atoms with Gasteiger partial charge in [0.25, 0.3) is 0 Å². The van der Waals surface area contributed by atoms with Crippen molar-refractivity contribution in [1.29, 1.82) is 0 Å². The van der Waals surface area contributed by atoms with E-state index < -0.39 is 0 Å². The number of methoxy groups -OCH3 is 3. The monoisotopic (exact) mass is 283 g/mol. The molecule has 0 unspecified atom stereocenters. The zero-order chi connectivity index (χ0) is 15.2. The summed E-state index contributed by atoms with van der Waals surface area (Å²) in [6, 6.07) is 3.66. The minimum absolute atomic E-state index is 0.150. The number of aliphatic hydroxyl groups is 1. The van der Waals surface area contributed by atoms with Crippen LogP contribution in [0.3, 0.4) is 0 Å². The van der Waals surface area contributed by atoms with Crippen LogP contribution in [-0.4, -0.2) is 38.6 Å². The van der Waals surface area contributed by atoms with Gasteiger partial charge in [-0.15, -0.1) is 0 Å². The van der Waals surface area contributed by atoms with Crippen molar-refractivity contribution in [3.63, 3.8) is 0 Å². The van der Waals surface area contributed by atoms with E-state index in [9.17, 15) is 0 Å². The smallest absolute Gasteiger partial charge is 0.130 e. The van der Waals surface area contributed by atoms with Gasteiger partial charge in [0.1, 0.15) is 17.2 Å². The van der Waals surface area contributed by atoms with E-state index in [2.05, 4.69) is 5.32 Å². The molecular formula is C15H25NO4. The highest BCUT2D eigenvalue weighted by atomic mass is 16.5. The molecule has 1 rings (SSSR count). The molecule has 0 fully saturated rings. The lowest BCUT2D eigenvalue weighted by molar-refractivity contribution is 0.229. The maximum Gasteiger partial charge on any atom is 0.130 e. The van der Waals surface area contributed by atoms with Crippen LogP contribution in [0.4, 0.5) is 0 Å². The summed E-state index contributed by atoms with van der Waals surface area (Å²) in [6.07, 6.45) is 0.674. The van der Waals surface area contributed by atoms with Gasteiger partial charge >= 0.3 is 0 Å². The largest absolute Gasteiger partial charge is 0.496 e. The summed E-state index contributed by atoms with van der Waals surface area (Å²) in [6.45, 7) is 4.83. The lowest BCUT2D eigenvalue weighted by Gasteiger charge is -2.26. The number of benzene rings is 1. The first-order valence-corrected chi connectivity index (χ1v) is 6.62. The quantitative estimate of drug-likeness (QED) is 0.764. The van der Waals surface area contributed by atoms with Gasteiger partial charge < -0.3 is 24.6 Å². The predicted molar refractivity (Wildman–Crippen MR) is 78.7 cm³/mol. The molecule has 1 aromatic carbocycles. The molecule has 0 aromatic heterocycles. The SMILES string of the molecule is COc1cc(OC)c(CNC(C)(C)CCO)c(OC)c1. The van der Waals surface area contributed by atoms with Crippen molar-refractivity contribution in [1.82, 2.24) is 5.32 Å². The normalized spacial score (nSPS) is 11.3. The summed E-state index contributed by atoms with van der Waals surface area (Å²) in [5.74, 6) is 2.12. The summed E-state index contributed by atoms with van der Waals surface area (Å²) < 4.78 is 16.0. The Balaban J connectivity index is 2.98. The van der Waals surface area contributed by atoms with E-state index in [1.807, 2.05) is 26.0 Å². The second-order valence-corrected chi connectivity index (χ2v) is 5.22. The van der Waals surface area contributed by atoms with Crippen LogP contribution < -0.4 is 19.5 Å². The fourth-order valence-electron chi connectivity index (χ4n) is 1.95. The van der Waals surface area contributed by atoms with Crippen molar-refractivity contribution in [2.45, 2.75) is 32.4 Å². The Bertz CT molecular complexity index is 407. The Kier molecular flexibility index (Phi) is 6.10. The number of hydrogen-bond donors (Lipinski definition) is 2. The number of hydrogen-bond acceptors (Lipinski definition) is 5. The first kappa shape index (κ1) is 16.6. The Labute approximate surface area is 120 Å². The van der Waals surface area contributed by atoms with Gasteiger partial charge in [-0.3, -0.25) is 0 Å². The zero-order valence-corrected chi connectivity index (χ0v) is 12.9. The predicted octanol–water partition coefficient (Wildman–Crippen LogP) is 1.96. The molecule has 0 radical (unpaired) electrons. The number of ether oxygens (including phenoxy) is 3. The molecule has 0 atom stereocenters. The molecule has 0 heterocycles. The second kappa shape index (κ2) is 7.36. The molecule has 1 aromatic rings. The molecule has 5 nitrogen and oxygen atoms in total. The highest BCUT2D eigenvalue weighted by Gasteiger charge is 2.19. The van der Waals surface area contributed by atoms with Gasteiger partial charge in [0.2, 0.25) is 0 Å². The molecule has 0 aliphatic carbocycles. The van der Waals surface area contributed by atoms with Crippen LogP contribution in [0.2, 0.25) is 0 Å². The second-order valence-electron chi connectivity index (χ2n) is 5.22. The Hall–Kier alpha value is -1.46. The summed E-state index contributed by atoms with van der Waals surface area (Å²) in [7, 11) is 4.85. The minimum atomic E-state index is -0.162. The van der Waals surface area contributed by atoms with Gasteiger partial charge in [0.15, 0.2) is 0 Å². The number of rotatable bonds is 8. The van der Waals surface area contributed by atoms with Gasteiger partial charge in [-0.1, -0.05) is 0 Å². The van der Waals surface area contributed by atoms with Crippen molar-refractivity contribution in [2.24, 2.45) is 0 Å². The van der Waals surface area contributed by atoms with Gasteiger partial charge in [-0.2, -0.15) is 0 Å². The average Bonchev–Trinajstić information content (AvgIpc) is 2.44. The number of aliphatic hydroxyl groups excluding tert-OH is 1. The fraction of sp³-hybridized carbons (Fsp3) is 0.600. The molecule has 5 heteroatoms. The van der Waals surface area contributed by atoms with Crippen molar-refractivity contribution in [3.8, 4) is 17.2 Å². The van der Waals surface area contributed by atoms with E-state index >= 15 is 0 Å². The molecule has 0 saturated heterocycles. The highest BCUT2D eigenvalue weighted by molar-refractivity contribution is 5.50. The van der Waals surface area contributed by atoms with Crippen molar-refractivity contribution < 1.29 is 19.3 Å². The maximum absolute atomic E-state index is 9.06. The maximum atomic E-state index is 9.06. The summed E-state index contributed by atoms with van der Waals surface area (Å²) in [5.41, 5.74) is 0.770. The van der Waals surface area contributed by atoms with Gasteiger partial charge in [0.05, 0.1) is 26.9 Å². The lowest BCUT2D eigenvalue weighted by Crippen LogP contribution is -2.39. The molecule has 0 aliphatic rings. The Morgan fingerprint density at radius 3 is 2.00 bits per heavy atom. The van der Waals surface area contributed by atoms with E-state index in [4.69, 9.17) is 19.3 Å². The third kappa shape index (κ3) is 4.28. The van der Waals surface area contributed by atoms with Gasteiger partial charge in [0, 0.05) is 30.8 Å². The zero-order valence-electron chi connectivity index (χ0n) is 12.9. The summed E-state index contributed by atoms with van der Waals surface area (Å²) in [4.78, 5) is 0. The molecule has 0 bridgehead atoms. The van der Waals surface area contributed by atoms with Crippen LogP contribution in [0, 0.1) is 0 Å². The molecule has 20 heavy (non-hydrogen) atoms. The van der Waals surface area contributed by atoms with Crippen molar-refractivity contribution in [2.75, 3.05) is 27.9 Å². The van der Waals surface area contributed by atoms with E-state index in [-0.39, 0.29) is 12.1 Å². The fourth-order valence-corrected chi connectivity index (χ4v) is 1.95. The molecule has 114 valence electrons. The average molecular weight is 283 g/mol. The standard InChI is InChI=1S/C15H25NO4/c1-15(2,6-7-17)16-10-12-13(19-4)8-11(18-3)9-14(12)20-5/h8-9,16-17H,6-7,10H2,1-5H3. The molecule has 0 aliphatic heterocycles. The highest BCUT2D eigenvalue weighted by Crippen LogP contribution is 2.34. The van der Waals surface area contributed by atoms with Crippen molar-refractivity contribution >= 4 is 0 Å². The Morgan fingerprint density at radius 1 is 1.05 bits per heavy atom. The van der Waals surface area contributed by atoms with Crippen LogP contribution in [0.15, 0.2) is 12.1 Å². The molecule has 0 amide bonds. The first-order chi connectivity index (χ1) is 9.47. The summed E-state index contributed by atoms with van der Waals surface area (Å²) in [5, 5.41) is 12.5. The molecular weight excluding hydrogens is 258 g/mol.